The zero-order chi connectivity index (χ0) is 10.5. The highest BCUT2D eigenvalue weighted by molar-refractivity contribution is 7.03. The monoisotopic (exact) mass is 262 g/mol. The average molecular weight is 263 g/mol. The van der Waals surface area contributed by atoms with Crippen LogP contribution >= 0.6 is 23.9 Å². The molecule has 0 radical (unpaired) electrons. The molecule has 1 aromatic rings. The van der Waals surface area contributed by atoms with Crippen molar-refractivity contribution in [2.45, 2.75) is 25.3 Å². The SMILES string of the molecule is Cl.O=C(NCC[C@H]1CCCN1)c1csnn1. The minimum absolute atomic E-state index is 0. The molecule has 1 amide bonds. The standard InChI is InChI=1S/C9H14N4OS.ClH/c14-9(8-6-15-13-12-8)11-5-3-7-2-1-4-10-7;/h6-7,10H,1-5H2,(H,11,14);1H/t7-;/m1./s1. The van der Waals surface area contributed by atoms with Crippen molar-refractivity contribution < 1.29 is 4.79 Å². The van der Waals surface area contributed by atoms with E-state index in [-0.39, 0.29) is 18.3 Å². The summed E-state index contributed by atoms with van der Waals surface area (Å²) in [6.07, 6.45) is 3.45. The molecular formula is C9H15ClN4OS. The van der Waals surface area contributed by atoms with Crippen molar-refractivity contribution in [3.63, 3.8) is 0 Å². The molecule has 5 nitrogen and oxygen atoms in total. The molecule has 0 saturated carbocycles. The molecule has 2 heterocycles. The van der Waals surface area contributed by atoms with Crippen LogP contribution < -0.4 is 10.6 Å². The van der Waals surface area contributed by atoms with Gasteiger partial charge in [-0.15, -0.1) is 17.5 Å². The van der Waals surface area contributed by atoms with Gasteiger partial charge in [0.1, 0.15) is 0 Å². The maximum atomic E-state index is 11.5. The number of hydrogen-bond donors (Lipinski definition) is 2. The first-order valence-electron chi connectivity index (χ1n) is 5.15. The molecule has 0 aliphatic carbocycles. The molecule has 0 aromatic carbocycles. The van der Waals surface area contributed by atoms with Crippen LogP contribution in [0.25, 0.3) is 0 Å². The van der Waals surface area contributed by atoms with E-state index in [0.717, 1.165) is 13.0 Å². The van der Waals surface area contributed by atoms with Crippen molar-refractivity contribution >= 4 is 29.8 Å². The third-order valence-electron chi connectivity index (χ3n) is 2.53. The van der Waals surface area contributed by atoms with E-state index in [1.54, 1.807) is 5.38 Å². The Labute approximate surface area is 105 Å². The van der Waals surface area contributed by atoms with Gasteiger partial charge in [-0.3, -0.25) is 4.79 Å². The van der Waals surface area contributed by atoms with Gasteiger partial charge in [0.05, 0.1) is 0 Å². The fourth-order valence-electron chi connectivity index (χ4n) is 1.72. The molecule has 0 bridgehead atoms. The van der Waals surface area contributed by atoms with Crippen molar-refractivity contribution in [2.24, 2.45) is 0 Å². The molecule has 1 aliphatic heterocycles. The van der Waals surface area contributed by atoms with Crippen molar-refractivity contribution in [2.75, 3.05) is 13.1 Å². The molecule has 2 N–H and O–H groups in total. The van der Waals surface area contributed by atoms with E-state index in [4.69, 9.17) is 0 Å². The van der Waals surface area contributed by atoms with Crippen LogP contribution in [-0.4, -0.2) is 34.6 Å². The third-order valence-corrected chi connectivity index (χ3v) is 3.04. The van der Waals surface area contributed by atoms with Gasteiger partial charge in [-0.25, -0.2) is 0 Å². The Bertz CT molecular complexity index is 313. The predicted octanol–water partition coefficient (Wildman–Crippen LogP) is 0.832. The Morgan fingerprint density at radius 2 is 2.56 bits per heavy atom. The Hall–Kier alpha value is -0.720. The topological polar surface area (TPSA) is 66.9 Å². The summed E-state index contributed by atoms with van der Waals surface area (Å²) in [5.74, 6) is -0.123. The molecule has 1 aliphatic rings. The maximum Gasteiger partial charge on any atom is 0.272 e. The molecule has 0 spiro atoms. The molecule has 1 fully saturated rings. The Balaban J connectivity index is 0.00000128. The molecule has 7 heteroatoms. The van der Waals surface area contributed by atoms with Crippen LogP contribution in [0.4, 0.5) is 0 Å². The summed E-state index contributed by atoms with van der Waals surface area (Å²) >= 11 is 1.19. The van der Waals surface area contributed by atoms with Crippen molar-refractivity contribution in [1.82, 2.24) is 20.2 Å². The van der Waals surface area contributed by atoms with Gasteiger partial charge in [-0.2, -0.15) is 0 Å². The zero-order valence-electron chi connectivity index (χ0n) is 8.81. The van der Waals surface area contributed by atoms with E-state index in [0.29, 0.717) is 18.3 Å². The number of halogens is 1. The second-order valence-corrected chi connectivity index (χ2v) is 4.24. The number of amides is 1. The van der Waals surface area contributed by atoms with E-state index in [1.807, 2.05) is 0 Å². The van der Waals surface area contributed by atoms with E-state index in [2.05, 4.69) is 20.2 Å². The number of aromatic nitrogens is 2. The lowest BCUT2D eigenvalue weighted by Crippen LogP contribution is -2.30. The first-order valence-corrected chi connectivity index (χ1v) is 5.98. The number of carbonyl (C=O) groups is 1. The molecule has 1 atom stereocenters. The van der Waals surface area contributed by atoms with Crippen molar-refractivity contribution in [3.8, 4) is 0 Å². The summed E-state index contributed by atoms with van der Waals surface area (Å²) in [5, 5.41) is 11.6. The number of nitrogens with zero attached hydrogens (tertiary/aromatic N) is 2. The van der Waals surface area contributed by atoms with Gasteiger partial charge >= 0.3 is 0 Å². The second kappa shape index (κ2) is 6.78. The van der Waals surface area contributed by atoms with Crippen molar-refractivity contribution in [1.29, 1.82) is 0 Å². The van der Waals surface area contributed by atoms with E-state index < -0.39 is 0 Å². The number of rotatable bonds is 4. The lowest BCUT2D eigenvalue weighted by molar-refractivity contribution is 0.0947. The molecule has 0 unspecified atom stereocenters. The highest BCUT2D eigenvalue weighted by atomic mass is 35.5. The van der Waals surface area contributed by atoms with Crippen molar-refractivity contribution in [3.05, 3.63) is 11.1 Å². The van der Waals surface area contributed by atoms with Gasteiger partial charge in [0, 0.05) is 18.0 Å². The van der Waals surface area contributed by atoms with Crippen LogP contribution in [0.15, 0.2) is 5.38 Å². The van der Waals surface area contributed by atoms with Crippen LogP contribution in [0.5, 0.6) is 0 Å². The van der Waals surface area contributed by atoms with E-state index in [9.17, 15) is 4.79 Å². The summed E-state index contributed by atoms with van der Waals surface area (Å²) in [7, 11) is 0. The minimum Gasteiger partial charge on any atom is -0.351 e. The number of carbonyl (C=O) groups excluding carboxylic acids is 1. The largest absolute Gasteiger partial charge is 0.351 e. The second-order valence-electron chi connectivity index (χ2n) is 3.63. The quantitative estimate of drug-likeness (QED) is 0.844. The lowest BCUT2D eigenvalue weighted by Gasteiger charge is -2.09. The Morgan fingerprint density at radius 1 is 1.69 bits per heavy atom. The lowest BCUT2D eigenvalue weighted by atomic mass is 10.1. The highest BCUT2D eigenvalue weighted by Crippen LogP contribution is 2.07. The van der Waals surface area contributed by atoms with Gasteiger partial charge < -0.3 is 10.6 Å². The summed E-state index contributed by atoms with van der Waals surface area (Å²) in [6, 6.07) is 0.568. The highest BCUT2D eigenvalue weighted by Gasteiger charge is 2.14. The smallest absolute Gasteiger partial charge is 0.272 e. The molecule has 90 valence electrons. The Morgan fingerprint density at radius 3 is 3.19 bits per heavy atom. The van der Waals surface area contributed by atoms with Crippen LogP contribution in [0.2, 0.25) is 0 Å². The van der Waals surface area contributed by atoms with E-state index in [1.165, 1.54) is 24.4 Å². The molecule has 16 heavy (non-hydrogen) atoms. The predicted molar refractivity (Wildman–Crippen MR) is 65.1 cm³/mol. The maximum absolute atomic E-state index is 11.5. The van der Waals surface area contributed by atoms with Crippen LogP contribution in [0.1, 0.15) is 29.8 Å². The first-order chi connectivity index (χ1) is 7.36. The first kappa shape index (κ1) is 13.3. The van der Waals surface area contributed by atoms with Gasteiger partial charge in [0.15, 0.2) is 5.69 Å². The average Bonchev–Trinajstić information content (AvgIpc) is 2.90. The minimum atomic E-state index is -0.123. The fourth-order valence-corrected chi connectivity index (χ4v) is 2.15. The van der Waals surface area contributed by atoms with Gasteiger partial charge in [0.2, 0.25) is 0 Å². The Kier molecular flexibility index (Phi) is 5.65. The van der Waals surface area contributed by atoms with Crippen LogP contribution in [0, 0.1) is 0 Å². The normalized spacial score (nSPS) is 19.1. The molecular weight excluding hydrogens is 248 g/mol. The van der Waals surface area contributed by atoms with Gasteiger partial charge in [-0.05, 0) is 37.3 Å². The van der Waals surface area contributed by atoms with E-state index >= 15 is 0 Å². The van der Waals surface area contributed by atoms with Crippen LogP contribution in [-0.2, 0) is 0 Å². The van der Waals surface area contributed by atoms with Gasteiger partial charge in [0.25, 0.3) is 5.91 Å². The van der Waals surface area contributed by atoms with Gasteiger partial charge in [-0.1, -0.05) is 4.49 Å². The summed E-state index contributed by atoms with van der Waals surface area (Å²) < 4.78 is 3.65. The summed E-state index contributed by atoms with van der Waals surface area (Å²) in [6.45, 7) is 1.81. The molecule has 2 rings (SSSR count). The third kappa shape index (κ3) is 3.70. The molecule has 1 saturated heterocycles. The number of hydrogen-bond acceptors (Lipinski definition) is 5. The zero-order valence-corrected chi connectivity index (χ0v) is 10.4. The molecule has 1 aromatic heterocycles. The summed E-state index contributed by atoms with van der Waals surface area (Å²) in [4.78, 5) is 11.5. The number of nitrogens with one attached hydrogen (secondary N) is 2. The summed E-state index contributed by atoms with van der Waals surface area (Å²) in [5.41, 5.74) is 0.416. The fraction of sp³-hybridized carbons (Fsp3) is 0.667. The van der Waals surface area contributed by atoms with Crippen LogP contribution in [0.3, 0.4) is 0 Å².